The van der Waals surface area contributed by atoms with Crippen molar-refractivity contribution in [1.82, 2.24) is 0 Å². The standard InChI is InChI=1S/C20H18F3NO/c1-19(2,3)12-11-14-7-9-15(10-8-14)18(25)24-17-6-4-5-16(13-17)20(21,22)23/h4-10,13H,1-3H3,(H,24,25). The van der Waals surface area contributed by atoms with Gasteiger partial charge in [-0.1, -0.05) is 17.9 Å². The zero-order chi connectivity index (χ0) is 18.7. The Bertz CT molecular complexity index is 819. The molecule has 2 aromatic carbocycles. The number of carbonyl (C=O) groups is 1. The Kier molecular flexibility index (Phi) is 5.22. The normalized spacial score (nSPS) is 11.4. The monoisotopic (exact) mass is 345 g/mol. The van der Waals surface area contributed by atoms with E-state index in [1.807, 2.05) is 20.8 Å². The molecule has 25 heavy (non-hydrogen) atoms. The summed E-state index contributed by atoms with van der Waals surface area (Å²) in [7, 11) is 0. The summed E-state index contributed by atoms with van der Waals surface area (Å²) in [5.74, 6) is 5.63. The van der Waals surface area contributed by atoms with Gasteiger partial charge in [-0.05, 0) is 63.2 Å². The Morgan fingerprint density at radius 3 is 2.20 bits per heavy atom. The quantitative estimate of drug-likeness (QED) is 0.730. The third-order valence-corrected chi connectivity index (χ3v) is 3.18. The summed E-state index contributed by atoms with van der Waals surface area (Å²) in [6.07, 6.45) is -4.45. The highest BCUT2D eigenvalue weighted by atomic mass is 19.4. The van der Waals surface area contributed by atoms with Gasteiger partial charge in [-0.3, -0.25) is 4.79 Å². The SMILES string of the molecule is CC(C)(C)C#Cc1ccc(C(=O)Nc2cccc(C(F)(F)F)c2)cc1. The molecule has 0 heterocycles. The Labute approximate surface area is 145 Å². The highest BCUT2D eigenvalue weighted by Crippen LogP contribution is 2.30. The van der Waals surface area contributed by atoms with Crippen molar-refractivity contribution in [2.75, 3.05) is 5.32 Å². The first-order valence-corrected chi connectivity index (χ1v) is 7.66. The summed E-state index contributed by atoms with van der Waals surface area (Å²) in [5.41, 5.74) is 0.276. The van der Waals surface area contributed by atoms with Crippen molar-refractivity contribution in [3.8, 4) is 11.8 Å². The van der Waals surface area contributed by atoms with E-state index in [1.54, 1.807) is 24.3 Å². The lowest BCUT2D eigenvalue weighted by atomic mass is 9.97. The predicted octanol–water partition coefficient (Wildman–Crippen LogP) is 5.36. The summed E-state index contributed by atoms with van der Waals surface area (Å²) in [6, 6.07) is 11.1. The maximum Gasteiger partial charge on any atom is 0.416 e. The number of carbonyl (C=O) groups excluding carboxylic acids is 1. The molecule has 5 heteroatoms. The van der Waals surface area contributed by atoms with Gasteiger partial charge in [-0.2, -0.15) is 13.2 Å². The molecule has 0 aromatic heterocycles. The van der Waals surface area contributed by atoms with E-state index in [9.17, 15) is 18.0 Å². The van der Waals surface area contributed by atoms with E-state index in [4.69, 9.17) is 0 Å². The van der Waals surface area contributed by atoms with Crippen LogP contribution >= 0.6 is 0 Å². The Morgan fingerprint density at radius 2 is 1.64 bits per heavy atom. The van der Waals surface area contributed by atoms with Gasteiger partial charge in [-0.25, -0.2) is 0 Å². The molecule has 2 nitrogen and oxygen atoms in total. The summed E-state index contributed by atoms with van der Waals surface area (Å²) < 4.78 is 38.1. The minimum absolute atomic E-state index is 0.0939. The second-order valence-electron chi connectivity index (χ2n) is 6.61. The number of hydrogen-bond acceptors (Lipinski definition) is 1. The first kappa shape index (κ1) is 18.6. The fourth-order valence-corrected chi connectivity index (χ4v) is 1.94. The van der Waals surface area contributed by atoms with E-state index in [2.05, 4.69) is 17.2 Å². The van der Waals surface area contributed by atoms with E-state index >= 15 is 0 Å². The average Bonchev–Trinajstić information content (AvgIpc) is 2.52. The molecule has 0 saturated heterocycles. The molecule has 0 spiro atoms. The Balaban J connectivity index is 2.12. The van der Waals surface area contributed by atoms with Crippen LogP contribution < -0.4 is 5.32 Å². The second kappa shape index (κ2) is 7.02. The number of rotatable bonds is 2. The molecule has 2 rings (SSSR count). The molecule has 0 fully saturated rings. The van der Waals surface area contributed by atoms with E-state index in [0.29, 0.717) is 5.56 Å². The molecule has 0 radical (unpaired) electrons. The minimum atomic E-state index is -4.45. The van der Waals surface area contributed by atoms with Gasteiger partial charge in [0.1, 0.15) is 0 Å². The van der Waals surface area contributed by atoms with E-state index in [0.717, 1.165) is 17.7 Å². The van der Waals surface area contributed by atoms with Gasteiger partial charge in [0, 0.05) is 22.2 Å². The molecule has 130 valence electrons. The van der Waals surface area contributed by atoms with Gasteiger partial charge in [-0.15, -0.1) is 0 Å². The molecule has 2 aromatic rings. The fourth-order valence-electron chi connectivity index (χ4n) is 1.94. The highest BCUT2D eigenvalue weighted by molar-refractivity contribution is 6.04. The number of anilines is 1. The van der Waals surface area contributed by atoms with Crippen molar-refractivity contribution in [3.63, 3.8) is 0 Å². The van der Waals surface area contributed by atoms with Crippen LogP contribution in [0.2, 0.25) is 0 Å². The number of amides is 1. The van der Waals surface area contributed by atoms with Gasteiger partial charge in [0.05, 0.1) is 5.56 Å². The van der Waals surface area contributed by atoms with Crippen molar-refractivity contribution < 1.29 is 18.0 Å². The van der Waals surface area contributed by atoms with E-state index in [-0.39, 0.29) is 11.1 Å². The number of hydrogen-bond donors (Lipinski definition) is 1. The zero-order valence-electron chi connectivity index (χ0n) is 14.2. The highest BCUT2D eigenvalue weighted by Gasteiger charge is 2.30. The summed E-state index contributed by atoms with van der Waals surface area (Å²) in [5, 5.41) is 2.47. The van der Waals surface area contributed by atoms with Crippen LogP contribution in [-0.2, 0) is 6.18 Å². The van der Waals surface area contributed by atoms with Gasteiger partial charge in [0.15, 0.2) is 0 Å². The van der Waals surface area contributed by atoms with Crippen molar-refractivity contribution in [2.24, 2.45) is 5.41 Å². The lowest BCUT2D eigenvalue weighted by Gasteiger charge is -2.10. The topological polar surface area (TPSA) is 29.1 Å². The van der Waals surface area contributed by atoms with Gasteiger partial charge in [0.25, 0.3) is 5.91 Å². The third kappa shape index (κ3) is 5.68. The number of nitrogens with one attached hydrogen (secondary N) is 1. The Hall–Kier alpha value is -2.74. The maximum atomic E-state index is 12.7. The molecule has 0 aliphatic carbocycles. The molecule has 0 atom stereocenters. The lowest BCUT2D eigenvalue weighted by molar-refractivity contribution is -0.137. The maximum absolute atomic E-state index is 12.7. The summed E-state index contributed by atoms with van der Waals surface area (Å²) in [6.45, 7) is 5.99. The van der Waals surface area contributed by atoms with Crippen molar-refractivity contribution in [1.29, 1.82) is 0 Å². The van der Waals surface area contributed by atoms with Crippen molar-refractivity contribution >= 4 is 11.6 Å². The first-order chi connectivity index (χ1) is 11.5. The first-order valence-electron chi connectivity index (χ1n) is 7.66. The van der Waals surface area contributed by atoms with Crippen LogP contribution in [0.1, 0.15) is 42.3 Å². The molecule has 0 bridgehead atoms. The van der Waals surface area contributed by atoms with Gasteiger partial charge in [0.2, 0.25) is 0 Å². The molecule has 0 unspecified atom stereocenters. The molecule has 0 aliphatic rings. The van der Waals surface area contributed by atoms with Crippen LogP contribution in [0.5, 0.6) is 0 Å². The van der Waals surface area contributed by atoms with Crippen molar-refractivity contribution in [2.45, 2.75) is 26.9 Å². The molecule has 0 saturated carbocycles. The third-order valence-electron chi connectivity index (χ3n) is 3.18. The smallest absolute Gasteiger partial charge is 0.322 e. The van der Waals surface area contributed by atoms with Crippen LogP contribution in [0, 0.1) is 17.3 Å². The van der Waals surface area contributed by atoms with Crippen LogP contribution in [0.3, 0.4) is 0 Å². The van der Waals surface area contributed by atoms with Crippen molar-refractivity contribution in [3.05, 3.63) is 65.2 Å². The largest absolute Gasteiger partial charge is 0.416 e. The predicted molar refractivity (Wildman–Crippen MR) is 92.2 cm³/mol. The number of halogens is 3. The molecular weight excluding hydrogens is 327 g/mol. The zero-order valence-corrected chi connectivity index (χ0v) is 14.2. The van der Waals surface area contributed by atoms with Crippen LogP contribution in [0.4, 0.5) is 18.9 Å². The van der Waals surface area contributed by atoms with E-state index in [1.165, 1.54) is 12.1 Å². The molecular formula is C20H18F3NO. The van der Waals surface area contributed by atoms with Crippen LogP contribution in [0.25, 0.3) is 0 Å². The summed E-state index contributed by atoms with van der Waals surface area (Å²) in [4.78, 5) is 12.2. The van der Waals surface area contributed by atoms with Gasteiger partial charge >= 0.3 is 6.18 Å². The molecule has 0 aliphatic heterocycles. The minimum Gasteiger partial charge on any atom is -0.322 e. The van der Waals surface area contributed by atoms with Gasteiger partial charge < -0.3 is 5.32 Å². The summed E-state index contributed by atoms with van der Waals surface area (Å²) >= 11 is 0. The fraction of sp³-hybridized carbons (Fsp3) is 0.250. The molecule has 1 N–H and O–H groups in total. The number of benzene rings is 2. The lowest BCUT2D eigenvalue weighted by Crippen LogP contribution is -2.13. The average molecular weight is 345 g/mol. The second-order valence-corrected chi connectivity index (χ2v) is 6.61. The van der Waals surface area contributed by atoms with Crippen LogP contribution in [0.15, 0.2) is 48.5 Å². The Morgan fingerprint density at radius 1 is 1.00 bits per heavy atom. The van der Waals surface area contributed by atoms with Crippen LogP contribution in [-0.4, -0.2) is 5.91 Å². The van der Waals surface area contributed by atoms with E-state index < -0.39 is 17.6 Å². The number of alkyl halides is 3. The molecule has 1 amide bonds.